The van der Waals surface area contributed by atoms with E-state index in [1.807, 2.05) is 0 Å². The maximum atomic E-state index is 13.3. The number of anilines is 1. The van der Waals surface area contributed by atoms with Crippen LogP contribution in [0.2, 0.25) is 0 Å². The summed E-state index contributed by atoms with van der Waals surface area (Å²) in [7, 11) is 0. The molecule has 1 aromatic rings. The molecule has 10 heterocycles. The number of amides is 5. The van der Waals surface area contributed by atoms with E-state index in [0.29, 0.717) is 0 Å². The number of rotatable bonds is 42. The second-order valence-corrected chi connectivity index (χ2v) is 34.3. The van der Waals surface area contributed by atoms with E-state index in [2.05, 4.69) is 36.9 Å². The monoisotopic (exact) mass is 2010 g/mol. The highest BCUT2D eigenvalue weighted by Gasteiger charge is 2.63. The highest BCUT2D eigenvalue weighted by Crippen LogP contribution is 2.42. The average Bonchev–Trinajstić information content (AvgIpc) is 0.759. The van der Waals surface area contributed by atoms with E-state index in [1.54, 1.807) is 12.1 Å². The minimum Gasteiger partial charge on any atom is -0.477 e. The number of nitrogens with one attached hydrogen (secondary N) is 6. The SMILES string of the molecule is CC(=O)N[C@H]1[C@H](O[C@@H]([C@H](O)[C@H](CNc2ccccn2)NC(C)=O)[C@H](O)CO)O[C@H](CO)[C@@H](O[C@@H]2O[C@H](CO[C@H]3O[C@H](CO)[C@@H](O)[C@H](O)[C@@H]3O[C@@H]3O[C@H](CO)[C@@H](O[C@@H]4O[C@H](CO)[C@H](O)[C@H](O)[C@H]4O)[C@H](O)[C@H]3NC(C)=O)[C@@H](O)[C@H](O[C@H]3O[C@H](CO)[C@@H](O)[C@H](O)[C@@H]3O[C@@H]3O[C@H](CO)[C@@H](O[C@@H]4O[C@H](CO[C@]5(C(=O)O)C[C@H](O)[C@@H](NC(C)=O)[C@H]([C@H](O)[C@H](O)CO)O5)[C@H](O)[C@H](O)[C@H]4O)[C@H](O)[C@H]3NC(C)=O)[C@@H]2O)[C@@H]1O. The van der Waals surface area contributed by atoms with Crippen LogP contribution in [0.5, 0.6) is 0 Å². The van der Waals surface area contributed by atoms with Crippen molar-refractivity contribution >= 4 is 41.3 Å². The van der Waals surface area contributed by atoms with Crippen LogP contribution >= 0.6 is 0 Å². The van der Waals surface area contributed by atoms with E-state index < -0.39 is 414 Å². The Morgan fingerprint density at radius 2 is 0.783 bits per heavy atom. The number of hydrogen-bond donors (Lipinski definition) is 35. The van der Waals surface area contributed by atoms with Crippen molar-refractivity contribution in [2.45, 2.75) is 347 Å². The van der Waals surface area contributed by atoms with Crippen LogP contribution in [0.15, 0.2) is 24.4 Å². The number of ether oxygens (including phenoxy) is 18. The Morgan fingerprint density at radius 3 is 1.22 bits per heavy atom. The number of carboxylic acid groups (broad SMARTS) is 1. The summed E-state index contributed by atoms with van der Waals surface area (Å²) in [6.07, 6.45) is -97.2. The number of carboxylic acids is 1. The van der Waals surface area contributed by atoms with Crippen LogP contribution in [0.4, 0.5) is 5.82 Å². The van der Waals surface area contributed by atoms with E-state index >= 15 is 0 Å². The molecule has 0 radical (unpaired) electrons. The molecule has 1 aromatic heterocycles. The zero-order valence-corrected chi connectivity index (χ0v) is 74.3. The Morgan fingerprint density at radius 1 is 0.399 bits per heavy atom. The number of aromatic nitrogens is 1. The van der Waals surface area contributed by atoms with Crippen LogP contribution in [0, 0.1) is 0 Å². The topological polar surface area (TPSA) is 940 Å². The molecule has 0 spiro atoms. The van der Waals surface area contributed by atoms with Gasteiger partial charge in [0.2, 0.25) is 29.5 Å². The number of carbonyl (C=O) groups is 6. The lowest BCUT2D eigenvalue weighted by Gasteiger charge is -2.51. The summed E-state index contributed by atoms with van der Waals surface area (Å²) in [4.78, 5) is 81.6. The van der Waals surface area contributed by atoms with Crippen molar-refractivity contribution in [3.8, 4) is 0 Å². The number of nitrogens with zero attached hydrogens (tertiary/aromatic N) is 1. The van der Waals surface area contributed by atoms with E-state index in [1.165, 1.54) is 12.3 Å². The molecule has 0 bridgehead atoms. The zero-order valence-electron chi connectivity index (χ0n) is 74.3. The van der Waals surface area contributed by atoms with Gasteiger partial charge in [-0.05, 0) is 12.1 Å². The lowest BCUT2D eigenvalue weighted by Crippen LogP contribution is -2.70. The molecule has 792 valence electrons. The lowest BCUT2D eigenvalue weighted by atomic mass is 9.88. The Labute approximate surface area is 782 Å². The Bertz CT molecular complexity index is 3980. The van der Waals surface area contributed by atoms with Crippen LogP contribution < -0.4 is 31.9 Å². The number of aliphatic hydroxyl groups is 28. The van der Waals surface area contributed by atoms with E-state index in [0.717, 1.165) is 34.6 Å². The second kappa shape index (κ2) is 50.6. The summed E-state index contributed by atoms with van der Waals surface area (Å²) < 4.78 is 108. The molecule has 9 aliphatic heterocycles. The van der Waals surface area contributed by atoms with Gasteiger partial charge in [0.1, 0.15) is 238 Å². The van der Waals surface area contributed by atoms with Gasteiger partial charge < -0.3 is 265 Å². The molecule has 5 amide bonds. The molecule has 0 unspecified atom stereocenters. The fourth-order valence-electron chi connectivity index (χ4n) is 17.2. The highest BCUT2D eigenvalue weighted by molar-refractivity contribution is 5.77. The van der Waals surface area contributed by atoms with Crippen molar-refractivity contribution in [1.82, 2.24) is 31.6 Å². The van der Waals surface area contributed by atoms with Crippen LogP contribution in [-0.4, -0.2) is 567 Å². The predicted octanol–water partition coefficient (Wildman–Crippen LogP) is -21.7. The highest BCUT2D eigenvalue weighted by atomic mass is 16.8. The van der Waals surface area contributed by atoms with E-state index in [-0.39, 0.29) is 12.4 Å². The predicted molar refractivity (Wildman–Crippen MR) is 433 cm³/mol. The number of aliphatic hydroxyl groups excluding tert-OH is 28. The quantitative estimate of drug-likeness (QED) is 0.0289. The molecule has 0 saturated carbocycles. The molecule has 9 fully saturated rings. The minimum absolute atomic E-state index is 0.217. The summed E-state index contributed by atoms with van der Waals surface area (Å²) in [5.74, 6) is -9.60. The number of pyridine rings is 1. The van der Waals surface area contributed by atoms with Gasteiger partial charge in [-0.2, -0.15) is 0 Å². The van der Waals surface area contributed by atoms with Gasteiger partial charge in [0.05, 0.1) is 84.3 Å². The van der Waals surface area contributed by atoms with Crippen molar-refractivity contribution in [3.63, 3.8) is 0 Å². The summed E-state index contributed by atoms with van der Waals surface area (Å²) >= 11 is 0. The van der Waals surface area contributed by atoms with Crippen LogP contribution in [0.1, 0.15) is 41.0 Å². The first kappa shape index (κ1) is 114. The third kappa shape index (κ3) is 26.4. The average molecular weight is 2010 g/mol. The molecule has 9 saturated heterocycles. The third-order valence-electron chi connectivity index (χ3n) is 24.5. The first-order valence-corrected chi connectivity index (χ1v) is 43.7. The fraction of sp³-hybridized carbons (Fsp3) is 0.859. The van der Waals surface area contributed by atoms with Crippen LogP contribution in [0.25, 0.3) is 0 Å². The van der Waals surface area contributed by atoms with Crippen molar-refractivity contribution in [3.05, 3.63) is 24.4 Å². The minimum atomic E-state index is -3.11. The molecule has 0 aliphatic carbocycles. The number of hydrogen-bond acceptors (Lipinski definition) is 54. The smallest absolute Gasteiger partial charge is 0.364 e. The first-order valence-electron chi connectivity index (χ1n) is 43.7. The molecule has 35 N–H and O–H groups in total. The molecular weight excluding hydrogens is 1880 g/mol. The molecule has 0 aromatic carbocycles. The van der Waals surface area contributed by atoms with Gasteiger partial charge in [-0.25, -0.2) is 9.78 Å². The summed E-state index contributed by atoms with van der Waals surface area (Å²) in [6.45, 7) is -7.70. The molecule has 10 rings (SSSR count). The normalized spacial score (nSPS) is 43.2. The van der Waals surface area contributed by atoms with E-state index in [4.69, 9.17) is 85.3 Å². The Kier molecular flexibility index (Phi) is 41.8. The maximum Gasteiger partial charge on any atom is 0.364 e. The second-order valence-electron chi connectivity index (χ2n) is 34.3. The molecular formula is C78H127N7O53. The van der Waals surface area contributed by atoms with Gasteiger partial charge in [-0.3, -0.25) is 24.0 Å². The lowest BCUT2D eigenvalue weighted by molar-refractivity contribution is -0.399. The van der Waals surface area contributed by atoms with Gasteiger partial charge in [0, 0.05) is 53.8 Å². The molecule has 50 atom stereocenters. The van der Waals surface area contributed by atoms with Gasteiger partial charge in [-0.15, -0.1) is 0 Å². The maximum absolute atomic E-state index is 13.3. The Hall–Kier alpha value is -6.07. The first-order chi connectivity index (χ1) is 65.3. The van der Waals surface area contributed by atoms with Gasteiger partial charge in [-0.1, -0.05) is 6.07 Å². The summed E-state index contributed by atoms with van der Waals surface area (Å²) in [6, 6.07) is -4.60. The zero-order chi connectivity index (χ0) is 102. The summed E-state index contributed by atoms with van der Waals surface area (Å²) in [5.41, 5.74) is 0. The van der Waals surface area contributed by atoms with Gasteiger partial charge in [0.15, 0.2) is 50.3 Å². The van der Waals surface area contributed by atoms with Crippen LogP contribution in [0.3, 0.4) is 0 Å². The Balaban J connectivity index is 0.969. The van der Waals surface area contributed by atoms with Crippen LogP contribution in [-0.2, 0) is 114 Å². The third-order valence-corrected chi connectivity index (χ3v) is 24.5. The molecule has 138 heavy (non-hydrogen) atoms. The summed E-state index contributed by atoms with van der Waals surface area (Å²) in [5, 5.41) is 341. The molecule has 60 heteroatoms. The van der Waals surface area contributed by atoms with Crippen molar-refractivity contribution < 1.29 is 262 Å². The van der Waals surface area contributed by atoms with Crippen molar-refractivity contribution in [2.24, 2.45) is 0 Å². The largest absolute Gasteiger partial charge is 0.477 e. The molecule has 9 aliphatic rings. The number of aliphatic carboxylic acids is 1. The number of carbonyl (C=O) groups excluding carboxylic acids is 5. The van der Waals surface area contributed by atoms with E-state index in [9.17, 15) is 177 Å². The van der Waals surface area contributed by atoms with Crippen molar-refractivity contribution in [1.29, 1.82) is 0 Å². The fourth-order valence-corrected chi connectivity index (χ4v) is 17.2. The molecule has 60 nitrogen and oxygen atoms in total. The standard InChI is InChI=1S/C78H127N7O53/c1-22(94)81-27(11-80-39-8-6-7-9-79-39)44(102)61(30(101)13-87)131-69-41(83-24(3)96)51(109)64(36(19-93)126-69)134-74-60(118)66(50(108)37(129-74)20-121-75-67(56(114)47(105)32(15-89)124-75)136-70-42(84-25(4)97)52(110)62(34(17-91)127-70)132-72-58(116)54(112)46(104)31(14-88)123-72)135-76-68(57(115)48(106)33(16-90)125-76)137-71-43(85-26(5)98)53(111)63(35(18-92)128-71)133-73-59(117)55(113)49(107)38(130-73)21-122-78(77(119)120)10-28(99)40(82-23(2)95)65(138-78)45(103)29(100)12-86/h6-9,27-38,40-76,86-93,99-118H,10-21H2,1-5H3,(H,79,80)(H,81,94)(H,82,95)(H,83,96)(H,84,97)(H,85,98)(H,119,120)/t27-,28-,29+,30+,31+,32+,33+,34+,35+,36+,37+,38+,40+,41+,42+,43+,44+,45+,46-,47+,48+,49-,50+,51+,52+,53+,54-,55-,56-,57-,58+,59+,60-,61+,62+,63+,64+,65+,66-,67-,68-,69-,70-,71-,72-,73-,74-,75-,76+,78+/m0/s1. The van der Waals surface area contributed by atoms with Crippen molar-refractivity contribution in [2.75, 3.05) is 77.9 Å². The van der Waals surface area contributed by atoms with Gasteiger partial charge in [0.25, 0.3) is 5.79 Å². The van der Waals surface area contributed by atoms with Gasteiger partial charge >= 0.3 is 5.97 Å².